The Hall–Kier alpha value is -2.90. The maximum atomic E-state index is 13.3. The number of methoxy groups -OCH3 is 1. The van der Waals surface area contributed by atoms with Crippen molar-refractivity contribution in [3.05, 3.63) is 65.7 Å². The summed E-state index contributed by atoms with van der Waals surface area (Å²) in [5, 5.41) is 0. The van der Waals surface area contributed by atoms with Crippen LogP contribution >= 0.6 is 0 Å². The Bertz CT molecular complexity index is 945. The number of benzene rings is 2. The summed E-state index contributed by atoms with van der Waals surface area (Å²) in [5.74, 6) is 0.703. The van der Waals surface area contributed by atoms with E-state index >= 15 is 0 Å². The van der Waals surface area contributed by atoms with Crippen molar-refractivity contribution in [1.82, 2.24) is 9.80 Å². The molecule has 0 saturated carbocycles. The van der Waals surface area contributed by atoms with E-state index in [9.17, 15) is 9.59 Å². The number of ether oxygens (including phenoxy) is 3. The van der Waals surface area contributed by atoms with E-state index in [4.69, 9.17) is 14.2 Å². The van der Waals surface area contributed by atoms with E-state index in [-0.39, 0.29) is 30.4 Å². The summed E-state index contributed by atoms with van der Waals surface area (Å²) in [7, 11) is 1.64. The van der Waals surface area contributed by atoms with E-state index in [1.54, 1.807) is 12.0 Å². The van der Waals surface area contributed by atoms with Crippen LogP contribution in [0, 0.1) is 5.92 Å². The molecule has 34 heavy (non-hydrogen) atoms. The van der Waals surface area contributed by atoms with Crippen molar-refractivity contribution in [2.24, 2.45) is 5.92 Å². The molecular weight excluding hydrogens is 432 g/mol. The predicted molar refractivity (Wildman–Crippen MR) is 128 cm³/mol. The molecule has 0 unspecified atom stereocenters. The van der Waals surface area contributed by atoms with Crippen molar-refractivity contribution in [2.75, 3.05) is 46.5 Å². The summed E-state index contributed by atoms with van der Waals surface area (Å²) in [6.07, 6.45) is 1.91. The number of carbonyl (C=O) groups excluding carboxylic acids is 2. The van der Waals surface area contributed by atoms with Crippen LogP contribution in [-0.2, 0) is 32.1 Å². The van der Waals surface area contributed by atoms with E-state index in [1.807, 2.05) is 47.4 Å². The lowest BCUT2D eigenvalue weighted by molar-refractivity contribution is -0.143. The third kappa shape index (κ3) is 6.58. The number of rotatable bonds is 8. The second-order valence-electron chi connectivity index (χ2n) is 8.97. The number of carbonyl (C=O) groups is 2. The topological polar surface area (TPSA) is 68.3 Å². The lowest BCUT2D eigenvalue weighted by Gasteiger charge is -2.29. The molecule has 0 N–H and O–H groups in total. The molecular formula is C27H34N2O5. The lowest BCUT2D eigenvalue weighted by atomic mass is 9.98. The summed E-state index contributed by atoms with van der Waals surface area (Å²) in [4.78, 5) is 30.0. The summed E-state index contributed by atoms with van der Waals surface area (Å²) in [6, 6.07) is 17.9. The minimum atomic E-state index is -0.266. The van der Waals surface area contributed by atoms with Gasteiger partial charge in [0.2, 0.25) is 11.8 Å². The van der Waals surface area contributed by atoms with Crippen molar-refractivity contribution >= 4 is 11.8 Å². The maximum absolute atomic E-state index is 13.3. The molecule has 7 heteroatoms. The fraction of sp³-hybridized carbons (Fsp3) is 0.481. The van der Waals surface area contributed by atoms with Crippen LogP contribution < -0.4 is 4.74 Å². The second kappa shape index (κ2) is 12.0. The first kappa shape index (κ1) is 24.2. The molecule has 0 radical (unpaired) electrons. The van der Waals surface area contributed by atoms with Gasteiger partial charge >= 0.3 is 0 Å². The van der Waals surface area contributed by atoms with Gasteiger partial charge in [-0.2, -0.15) is 0 Å². The van der Waals surface area contributed by atoms with E-state index in [0.717, 1.165) is 17.7 Å². The zero-order valence-corrected chi connectivity index (χ0v) is 19.9. The molecule has 4 rings (SSSR count). The number of nitrogens with zero attached hydrogens (tertiary/aromatic N) is 2. The minimum Gasteiger partial charge on any atom is -0.497 e. The molecule has 182 valence electrons. The summed E-state index contributed by atoms with van der Waals surface area (Å²) >= 11 is 0. The third-order valence-corrected chi connectivity index (χ3v) is 6.54. The van der Waals surface area contributed by atoms with Gasteiger partial charge in [0.15, 0.2) is 0 Å². The van der Waals surface area contributed by atoms with E-state index in [1.165, 1.54) is 5.56 Å². The Kier molecular flexibility index (Phi) is 8.55. The van der Waals surface area contributed by atoms with Crippen LogP contribution in [0.25, 0.3) is 0 Å². The van der Waals surface area contributed by atoms with Gasteiger partial charge in [0.1, 0.15) is 5.75 Å². The smallest absolute Gasteiger partial charge is 0.242 e. The fourth-order valence-corrected chi connectivity index (χ4v) is 4.56. The summed E-state index contributed by atoms with van der Waals surface area (Å²) in [6.45, 7) is 3.16. The van der Waals surface area contributed by atoms with Crippen molar-refractivity contribution in [3.8, 4) is 5.75 Å². The highest BCUT2D eigenvalue weighted by molar-refractivity contribution is 5.86. The normalized spacial score (nSPS) is 19.7. The van der Waals surface area contributed by atoms with Gasteiger partial charge in [-0.05, 0) is 42.5 Å². The van der Waals surface area contributed by atoms with Crippen molar-refractivity contribution in [1.29, 1.82) is 0 Å². The molecule has 2 aromatic rings. The van der Waals surface area contributed by atoms with Crippen LogP contribution in [-0.4, -0.2) is 74.2 Å². The largest absolute Gasteiger partial charge is 0.497 e. The average Bonchev–Trinajstić information content (AvgIpc) is 3.05. The first-order valence-electron chi connectivity index (χ1n) is 12.0. The van der Waals surface area contributed by atoms with E-state index in [2.05, 4.69) is 12.1 Å². The molecule has 0 aliphatic carbocycles. The molecule has 2 fully saturated rings. The monoisotopic (exact) mass is 466 g/mol. The van der Waals surface area contributed by atoms with Crippen LogP contribution in [0.2, 0.25) is 0 Å². The average molecular weight is 467 g/mol. The zero-order valence-electron chi connectivity index (χ0n) is 19.9. The first-order valence-corrected chi connectivity index (χ1v) is 12.0. The van der Waals surface area contributed by atoms with Crippen molar-refractivity contribution < 1.29 is 23.8 Å². The molecule has 7 nitrogen and oxygen atoms in total. The maximum Gasteiger partial charge on any atom is 0.242 e. The summed E-state index contributed by atoms with van der Waals surface area (Å²) in [5.41, 5.74) is 2.18. The third-order valence-electron chi connectivity index (χ3n) is 6.54. The second-order valence-corrected chi connectivity index (χ2v) is 8.97. The first-order chi connectivity index (χ1) is 16.6. The Balaban J connectivity index is 1.45. The van der Waals surface area contributed by atoms with Gasteiger partial charge in [0.05, 0.1) is 26.4 Å². The Morgan fingerprint density at radius 2 is 1.79 bits per heavy atom. The molecule has 1 atom stereocenters. The molecule has 0 bridgehead atoms. The van der Waals surface area contributed by atoms with E-state index in [0.29, 0.717) is 52.3 Å². The standard InChI is InChI=1S/C27H34N2O5/c1-32-24-9-5-8-22(16-24)20-34-25-17-28(13-10-21-6-3-2-4-7-21)26(30)19-29(18-25)27(31)23-11-14-33-15-12-23/h2-9,16,23,25H,10-15,17-20H2,1H3/t25-/m1/s1. The van der Waals surface area contributed by atoms with Crippen LogP contribution in [0.5, 0.6) is 5.75 Å². The number of amides is 2. The number of hydrogen-bond donors (Lipinski definition) is 0. The highest BCUT2D eigenvalue weighted by Crippen LogP contribution is 2.21. The quantitative estimate of drug-likeness (QED) is 0.599. The molecule has 0 spiro atoms. The molecule has 2 aromatic carbocycles. The van der Waals surface area contributed by atoms with Gasteiger partial charge in [-0.3, -0.25) is 9.59 Å². The molecule has 2 heterocycles. The van der Waals surface area contributed by atoms with Crippen LogP contribution in [0.1, 0.15) is 24.0 Å². The van der Waals surface area contributed by atoms with Gasteiger partial charge in [0, 0.05) is 38.8 Å². The lowest BCUT2D eigenvalue weighted by Crippen LogP contribution is -2.44. The van der Waals surface area contributed by atoms with Gasteiger partial charge < -0.3 is 24.0 Å². The fourth-order valence-electron chi connectivity index (χ4n) is 4.56. The summed E-state index contributed by atoms with van der Waals surface area (Å²) < 4.78 is 17.0. The Morgan fingerprint density at radius 3 is 2.56 bits per heavy atom. The molecule has 2 saturated heterocycles. The van der Waals surface area contributed by atoms with Crippen LogP contribution in [0.4, 0.5) is 0 Å². The van der Waals surface area contributed by atoms with Gasteiger partial charge in [0.25, 0.3) is 0 Å². The van der Waals surface area contributed by atoms with Crippen molar-refractivity contribution in [3.63, 3.8) is 0 Å². The van der Waals surface area contributed by atoms with Crippen LogP contribution in [0.15, 0.2) is 54.6 Å². The number of hydrogen-bond acceptors (Lipinski definition) is 5. The Morgan fingerprint density at radius 1 is 1.03 bits per heavy atom. The van der Waals surface area contributed by atoms with Gasteiger partial charge in [-0.15, -0.1) is 0 Å². The van der Waals surface area contributed by atoms with Crippen molar-refractivity contribution in [2.45, 2.75) is 32.0 Å². The highest BCUT2D eigenvalue weighted by Gasteiger charge is 2.34. The molecule has 2 aliphatic rings. The van der Waals surface area contributed by atoms with Crippen LogP contribution in [0.3, 0.4) is 0 Å². The van der Waals surface area contributed by atoms with E-state index < -0.39 is 0 Å². The minimum absolute atomic E-state index is 0.0242. The molecule has 0 aromatic heterocycles. The molecule has 2 amide bonds. The highest BCUT2D eigenvalue weighted by atomic mass is 16.5. The Labute approximate surface area is 201 Å². The van der Waals surface area contributed by atoms with Gasteiger partial charge in [-0.1, -0.05) is 42.5 Å². The SMILES string of the molecule is COc1cccc(CO[C@@H]2CN(CCc3ccccc3)C(=O)CN(C(=O)C3CCOCC3)C2)c1. The molecule has 2 aliphatic heterocycles. The zero-order chi connectivity index (χ0) is 23.8. The van der Waals surface area contributed by atoms with Gasteiger partial charge in [-0.25, -0.2) is 0 Å². The predicted octanol–water partition coefficient (Wildman–Crippen LogP) is 2.92.